The van der Waals surface area contributed by atoms with Gasteiger partial charge in [-0.2, -0.15) is 5.10 Å². The lowest BCUT2D eigenvalue weighted by molar-refractivity contribution is -0.384. The largest absolute Gasteiger partial charge is 0.497 e. The highest BCUT2D eigenvalue weighted by Gasteiger charge is 2.34. The summed E-state index contributed by atoms with van der Waals surface area (Å²) in [5.41, 5.74) is 3.31. The zero-order valence-corrected chi connectivity index (χ0v) is 26.2. The zero-order valence-electron chi connectivity index (χ0n) is 25.4. The molecule has 232 valence electrons. The standard InChI is InChI=1S/C34H29N5O6S/c1-20(2)45-33(41)29-21(3)35-34-38(31(29)22-13-15-27(44-4)16-14-22)32(40)28(46-34)18-24-19-37(25-10-6-5-7-11-25)36-30(24)23-9-8-12-26(17-23)39(42)43/h5-20,31H,1-4H3. The molecule has 1 aliphatic heterocycles. The molecule has 0 amide bonds. The van der Waals surface area contributed by atoms with E-state index in [1.807, 2.05) is 42.5 Å². The van der Waals surface area contributed by atoms with Crippen molar-refractivity contribution in [1.82, 2.24) is 14.3 Å². The summed E-state index contributed by atoms with van der Waals surface area (Å²) in [5.74, 6) is 0.0794. The zero-order chi connectivity index (χ0) is 32.5. The Morgan fingerprint density at radius 1 is 1.07 bits per heavy atom. The summed E-state index contributed by atoms with van der Waals surface area (Å²) < 4.78 is 14.4. The predicted octanol–water partition coefficient (Wildman–Crippen LogP) is 4.96. The number of hydrogen-bond donors (Lipinski definition) is 0. The number of nitrogens with zero attached hydrogens (tertiary/aromatic N) is 5. The third kappa shape index (κ3) is 5.77. The van der Waals surface area contributed by atoms with Crippen LogP contribution in [0.4, 0.5) is 5.69 Å². The number of para-hydroxylation sites is 1. The lowest BCUT2D eigenvalue weighted by Gasteiger charge is -2.25. The molecule has 0 bridgehead atoms. The highest BCUT2D eigenvalue weighted by molar-refractivity contribution is 7.07. The molecule has 0 fully saturated rings. The van der Waals surface area contributed by atoms with Gasteiger partial charge in [-0.1, -0.05) is 53.8 Å². The molecule has 0 radical (unpaired) electrons. The van der Waals surface area contributed by atoms with Gasteiger partial charge in [0.15, 0.2) is 4.80 Å². The molecule has 1 unspecified atom stereocenters. The highest BCUT2D eigenvalue weighted by atomic mass is 32.1. The van der Waals surface area contributed by atoms with Gasteiger partial charge in [0.25, 0.3) is 11.2 Å². The number of nitro benzene ring substituents is 1. The minimum Gasteiger partial charge on any atom is -0.497 e. The van der Waals surface area contributed by atoms with E-state index in [9.17, 15) is 19.7 Å². The molecule has 46 heavy (non-hydrogen) atoms. The minimum atomic E-state index is -0.793. The van der Waals surface area contributed by atoms with Crippen LogP contribution in [0.15, 0.2) is 106 Å². The van der Waals surface area contributed by atoms with Crippen LogP contribution in [0.5, 0.6) is 5.75 Å². The number of aromatic nitrogens is 3. The average Bonchev–Trinajstić information content (AvgIpc) is 3.61. The van der Waals surface area contributed by atoms with E-state index in [1.165, 1.54) is 28.0 Å². The topological polar surface area (TPSA) is 131 Å². The van der Waals surface area contributed by atoms with Gasteiger partial charge in [-0.25, -0.2) is 14.5 Å². The second-order valence-corrected chi connectivity index (χ2v) is 11.8. The number of esters is 1. The van der Waals surface area contributed by atoms with Crippen LogP contribution < -0.4 is 19.6 Å². The number of ether oxygens (including phenoxy) is 2. The second kappa shape index (κ2) is 12.4. The maximum Gasteiger partial charge on any atom is 0.338 e. The van der Waals surface area contributed by atoms with Crippen molar-refractivity contribution in [2.45, 2.75) is 32.9 Å². The minimum absolute atomic E-state index is 0.0761. The number of fused-ring (bicyclic) bond motifs is 1. The summed E-state index contributed by atoms with van der Waals surface area (Å²) in [5, 5.41) is 16.3. The molecule has 1 atom stereocenters. The van der Waals surface area contributed by atoms with Gasteiger partial charge in [-0.05, 0) is 56.7 Å². The first-order chi connectivity index (χ1) is 22.1. The van der Waals surface area contributed by atoms with Crippen LogP contribution in [0.25, 0.3) is 23.0 Å². The van der Waals surface area contributed by atoms with Crippen molar-refractivity contribution in [3.05, 3.63) is 137 Å². The van der Waals surface area contributed by atoms with Crippen molar-refractivity contribution in [3.8, 4) is 22.7 Å². The number of methoxy groups -OCH3 is 1. The lowest BCUT2D eigenvalue weighted by Crippen LogP contribution is -2.40. The van der Waals surface area contributed by atoms with Gasteiger partial charge in [-0.15, -0.1) is 0 Å². The van der Waals surface area contributed by atoms with E-state index in [4.69, 9.17) is 14.6 Å². The van der Waals surface area contributed by atoms with E-state index >= 15 is 0 Å². The Kier molecular flexibility index (Phi) is 8.20. The maximum atomic E-state index is 14.3. The fraction of sp³-hybridized carbons (Fsp3) is 0.176. The van der Waals surface area contributed by atoms with Crippen molar-refractivity contribution in [1.29, 1.82) is 0 Å². The number of carbonyl (C=O) groups excluding carboxylic acids is 1. The van der Waals surface area contributed by atoms with Crippen molar-refractivity contribution >= 4 is 29.1 Å². The van der Waals surface area contributed by atoms with Crippen LogP contribution in [-0.2, 0) is 9.53 Å². The molecule has 6 rings (SSSR count). The Balaban J connectivity index is 1.56. The third-order valence-electron chi connectivity index (χ3n) is 7.40. The van der Waals surface area contributed by atoms with Gasteiger partial charge in [0, 0.05) is 29.5 Å². The molecule has 2 aromatic heterocycles. The molecule has 3 aromatic carbocycles. The smallest absolute Gasteiger partial charge is 0.338 e. The van der Waals surface area contributed by atoms with Gasteiger partial charge in [0.05, 0.1) is 45.7 Å². The summed E-state index contributed by atoms with van der Waals surface area (Å²) in [6.45, 7) is 5.26. The third-order valence-corrected chi connectivity index (χ3v) is 8.38. The van der Waals surface area contributed by atoms with Gasteiger partial charge >= 0.3 is 5.97 Å². The van der Waals surface area contributed by atoms with Crippen LogP contribution in [0.2, 0.25) is 0 Å². The number of rotatable bonds is 8. The van der Waals surface area contributed by atoms with Crippen molar-refractivity contribution in [2.75, 3.05) is 7.11 Å². The number of allylic oxidation sites excluding steroid dienone is 1. The first-order valence-corrected chi connectivity index (χ1v) is 15.2. The van der Waals surface area contributed by atoms with E-state index in [0.717, 1.165) is 5.69 Å². The summed E-state index contributed by atoms with van der Waals surface area (Å²) in [6.07, 6.45) is 3.11. The van der Waals surface area contributed by atoms with E-state index < -0.39 is 16.9 Å². The fourth-order valence-electron chi connectivity index (χ4n) is 5.30. The van der Waals surface area contributed by atoms with Crippen LogP contribution >= 0.6 is 11.3 Å². The van der Waals surface area contributed by atoms with Crippen LogP contribution in [0.1, 0.15) is 37.9 Å². The van der Waals surface area contributed by atoms with Crippen LogP contribution in [0.3, 0.4) is 0 Å². The summed E-state index contributed by atoms with van der Waals surface area (Å²) in [7, 11) is 1.56. The lowest BCUT2D eigenvalue weighted by atomic mass is 9.96. The molecule has 3 heterocycles. The second-order valence-electron chi connectivity index (χ2n) is 10.8. The molecule has 12 heteroatoms. The number of thiazole rings is 1. The molecule has 5 aromatic rings. The molecular weight excluding hydrogens is 606 g/mol. The van der Waals surface area contributed by atoms with Gasteiger partial charge in [0.1, 0.15) is 11.4 Å². The average molecular weight is 636 g/mol. The number of carbonyl (C=O) groups is 1. The highest BCUT2D eigenvalue weighted by Crippen LogP contribution is 2.32. The quantitative estimate of drug-likeness (QED) is 0.134. The van der Waals surface area contributed by atoms with Crippen molar-refractivity contribution < 1.29 is 19.2 Å². The monoisotopic (exact) mass is 635 g/mol. The number of nitro groups is 1. The van der Waals surface area contributed by atoms with E-state index in [0.29, 0.717) is 43.2 Å². The molecule has 0 saturated heterocycles. The maximum absolute atomic E-state index is 14.3. The van der Waals surface area contributed by atoms with E-state index in [-0.39, 0.29) is 22.9 Å². The van der Waals surface area contributed by atoms with Crippen molar-refractivity contribution in [3.63, 3.8) is 0 Å². The number of hydrogen-bond acceptors (Lipinski definition) is 9. The Morgan fingerprint density at radius 3 is 2.48 bits per heavy atom. The first-order valence-electron chi connectivity index (χ1n) is 14.4. The molecular formula is C34H29N5O6S. The predicted molar refractivity (Wildman–Crippen MR) is 174 cm³/mol. The summed E-state index contributed by atoms with van der Waals surface area (Å²) in [6, 6.07) is 22.0. The Morgan fingerprint density at radius 2 is 1.80 bits per heavy atom. The molecule has 1 aliphatic rings. The Labute approximate surface area is 267 Å². The van der Waals surface area contributed by atoms with Gasteiger partial charge in [-0.3, -0.25) is 19.5 Å². The molecule has 0 N–H and O–H groups in total. The molecule has 11 nitrogen and oxygen atoms in total. The van der Waals surface area contributed by atoms with Crippen LogP contribution in [-0.4, -0.2) is 38.5 Å². The SMILES string of the molecule is COc1ccc(C2C(C(=O)OC(C)C)=C(C)N=c3sc(=Cc4cn(-c5ccccc5)nc4-c4cccc([N+](=O)[O-])c4)c(=O)n32)cc1. The van der Waals surface area contributed by atoms with E-state index in [2.05, 4.69) is 4.99 Å². The normalized spacial score (nSPS) is 14.6. The Bertz CT molecular complexity index is 2180. The number of non-ortho nitro benzene ring substituents is 1. The van der Waals surface area contributed by atoms with Crippen LogP contribution in [0, 0.1) is 10.1 Å². The van der Waals surface area contributed by atoms with Crippen molar-refractivity contribution in [2.24, 2.45) is 4.99 Å². The summed E-state index contributed by atoms with van der Waals surface area (Å²) in [4.78, 5) is 43.9. The van der Waals surface area contributed by atoms with Gasteiger partial charge in [0.2, 0.25) is 0 Å². The number of benzene rings is 3. The fourth-order valence-corrected chi connectivity index (χ4v) is 6.34. The Hall–Kier alpha value is -5.62. The van der Waals surface area contributed by atoms with E-state index in [1.54, 1.807) is 69.1 Å². The van der Waals surface area contributed by atoms with Gasteiger partial charge < -0.3 is 9.47 Å². The molecule has 0 aliphatic carbocycles. The summed E-state index contributed by atoms with van der Waals surface area (Å²) >= 11 is 1.18. The molecule has 0 saturated carbocycles. The molecule has 0 spiro atoms. The first kappa shape index (κ1) is 30.4.